The molecule has 0 aromatic carbocycles. The van der Waals surface area contributed by atoms with E-state index in [-0.39, 0.29) is 0 Å². The Kier molecular flexibility index (Phi) is 3.61. The molecule has 0 atom stereocenters. The third-order valence-electron chi connectivity index (χ3n) is 3.44. The van der Waals surface area contributed by atoms with E-state index < -0.39 is 0 Å². The maximum atomic E-state index is 4.55. The SMILES string of the molecule is Brc1ccn2nc(CCN3CCCCC3)nc2c1. The van der Waals surface area contributed by atoms with Crippen LogP contribution in [0.2, 0.25) is 0 Å². The lowest BCUT2D eigenvalue weighted by atomic mass is 10.1. The van der Waals surface area contributed by atoms with Gasteiger partial charge in [-0.25, -0.2) is 9.50 Å². The number of aromatic nitrogens is 3. The zero-order chi connectivity index (χ0) is 12.4. The van der Waals surface area contributed by atoms with Crippen LogP contribution < -0.4 is 0 Å². The molecule has 96 valence electrons. The van der Waals surface area contributed by atoms with E-state index in [1.165, 1.54) is 32.4 Å². The fourth-order valence-electron chi connectivity index (χ4n) is 2.45. The third-order valence-corrected chi connectivity index (χ3v) is 3.94. The Morgan fingerprint density at radius 1 is 1.22 bits per heavy atom. The highest BCUT2D eigenvalue weighted by Gasteiger charge is 2.11. The normalized spacial score (nSPS) is 17.4. The summed E-state index contributed by atoms with van der Waals surface area (Å²) in [6.45, 7) is 3.55. The molecular weight excluding hydrogens is 292 g/mol. The van der Waals surface area contributed by atoms with Gasteiger partial charge in [0.15, 0.2) is 11.5 Å². The molecule has 0 amide bonds. The standard InChI is InChI=1S/C13H17BrN4/c14-11-4-9-18-13(10-11)15-12(16-18)5-8-17-6-2-1-3-7-17/h4,9-10H,1-3,5-8H2. The molecule has 0 N–H and O–H groups in total. The van der Waals surface area contributed by atoms with E-state index in [2.05, 4.69) is 30.9 Å². The molecule has 0 saturated carbocycles. The number of likely N-dealkylation sites (tertiary alicyclic amines) is 1. The lowest BCUT2D eigenvalue weighted by Gasteiger charge is -2.25. The van der Waals surface area contributed by atoms with Gasteiger partial charge in [0.05, 0.1) is 0 Å². The first kappa shape index (κ1) is 12.1. The molecule has 1 saturated heterocycles. The summed E-state index contributed by atoms with van der Waals surface area (Å²) in [5.41, 5.74) is 0.915. The maximum Gasteiger partial charge on any atom is 0.156 e. The van der Waals surface area contributed by atoms with E-state index in [9.17, 15) is 0 Å². The topological polar surface area (TPSA) is 33.4 Å². The van der Waals surface area contributed by atoms with E-state index in [1.54, 1.807) is 0 Å². The quantitative estimate of drug-likeness (QED) is 0.873. The van der Waals surface area contributed by atoms with E-state index in [4.69, 9.17) is 0 Å². The number of nitrogens with zero attached hydrogens (tertiary/aromatic N) is 4. The molecule has 2 aromatic heterocycles. The molecular formula is C13H17BrN4. The Labute approximate surface area is 115 Å². The molecule has 1 aliphatic heterocycles. The summed E-state index contributed by atoms with van der Waals surface area (Å²) in [5, 5.41) is 4.50. The lowest BCUT2D eigenvalue weighted by Crippen LogP contribution is -2.31. The first-order chi connectivity index (χ1) is 8.81. The van der Waals surface area contributed by atoms with Crippen LogP contribution in [0.25, 0.3) is 5.65 Å². The summed E-state index contributed by atoms with van der Waals surface area (Å²) in [6.07, 6.45) is 6.95. The van der Waals surface area contributed by atoms with E-state index in [0.717, 1.165) is 28.9 Å². The predicted molar refractivity (Wildman–Crippen MR) is 74.7 cm³/mol. The summed E-state index contributed by atoms with van der Waals surface area (Å²) in [4.78, 5) is 7.07. The fraction of sp³-hybridized carbons (Fsp3) is 0.538. The Bertz CT molecular complexity index is 531. The molecule has 1 aliphatic rings. The van der Waals surface area contributed by atoms with Crippen LogP contribution >= 0.6 is 15.9 Å². The van der Waals surface area contributed by atoms with Crippen LogP contribution in [0.4, 0.5) is 0 Å². The van der Waals surface area contributed by atoms with Crippen LogP contribution in [0.5, 0.6) is 0 Å². The third kappa shape index (κ3) is 2.72. The second-order valence-corrected chi connectivity index (χ2v) is 5.74. The molecule has 18 heavy (non-hydrogen) atoms. The zero-order valence-corrected chi connectivity index (χ0v) is 11.9. The van der Waals surface area contributed by atoms with Gasteiger partial charge in [-0.05, 0) is 38.1 Å². The van der Waals surface area contributed by atoms with Crippen molar-refractivity contribution in [2.45, 2.75) is 25.7 Å². The van der Waals surface area contributed by atoms with Crippen molar-refractivity contribution in [3.63, 3.8) is 0 Å². The maximum absolute atomic E-state index is 4.55. The van der Waals surface area contributed by atoms with Crippen molar-refractivity contribution in [1.82, 2.24) is 19.5 Å². The monoisotopic (exact) mass is 308 g/mol. The van der Waals surface area contributed by atoms with Crippen LogP contribution in [0.3, 0.4) is 0 Å². The fourth-order valence-corrected chi connectivity index (χ4v) is 2.77. The summed E-state index contributed by atoms with van der Waals surface area (Å²) in [5.74, 6) is 0.943. The van der Waals surface area contributed by atoms with Gasteiger partial charge < -0.3 is 4.90 Å². The molecule has 0 radical (unpaired) electrons. The number of rotatable bonds is 3. The average Bonchev–Trinajstić information content (AvgIpc) is 2.79. The molecule has 0 spiro atoms. The van der Waals surface area contributed by atoms with Gasteiger partial charge in [0.1, 0.15) is 0 Å². The average molecular weight is 309 g/mol. The van der Waals surface area contributed by atoms with Gasteiger partial charge in [0.25, 0.3) is 0 Å². The van der Waals surface area contributed by atoms with Gasteiger partial charge >= 0.3 is 0 Å². The van der Waals surface area contributed by atoms with Crippen LogP contribution in [-0.2, 0) is 6.42 Å². The second-order valence-electron chi connectivity index (χ2n) is 4.83. The zero-order valence-electron chi connectivity index (χ0n) is 10.3. The highest BCUT2D eigenvalue weighted by molar-refractivity contribution is 9.10. The smallest absolute Gasteiger partial charge is 0.156 e. The lowest BCUT2D eigenvalue weighted by molar-refractivity contribution is 0.230. The van der Waals surface area contributed by atoms with Gasteiger partial charge in [0.2, 0.25) is 0 Å². The largest absolute Gasteiger partial charge is 0.303 e. The van der Waals surface area contributed by atoms with Crippen LogP contribution in [0, 0.1) is 0 Å². The van der Waals surface area contributed by atoms with Crippen molar-refractivity contribution in [3.8, 4) is 0 Å². The van der Waals surface area contributed by atoms with Crippen molar-refractivity contribution in [2.24, 2.45) is 0 Å². The minimum atomic E-state index is 0.915. The summed E-state index contributed by atoms with van der Waals surface area (Å²) >= 11 is 3.45. The van der Waals surface area contributed by atoms with Gasteiger partial charge in [-0.1, -0.05) is 22.4 Å². The number of hydrogen-bond acceptors (Lipinski definition) is 3. The van der Waals surface area contributed by atoms with Crippen molar-refractivity contribution < 1.29 is 0 Å². The number of fused-ring (bicyclic) bond motifs is 1. The van der Waals surface area contributed by atoms with E-state index in [0.29, 0.717) is 0 Å². The molecule has 0 unspecified atom stereocenters. The molecule has 3 heterocycles. The highest BCUT2D eigenvalue weighted by atomic mass is 79.9. The van der Waals surface area contributed by atoms with Crippen molar-refractivity contribution in [3.05, 3.63) is 28.6 Å². The molecule has 5 heteroatoms. The Hall–Kier alpha value is -0.940. The van der Waals surface area contributed by atoms with Crippen molar-refractivity contribution in [2.75, 3.05) is 19.6 Å². The van der Waals surface area contributed by atoms with E-state index in [1.807, 2.05) is 22.8 Å². The number of piperidine rings is 1. The molecule has 4 nitrogen and oxygen atoms in total. The molecule has 0 aliphatic carbocycles. The van der Waals surface area contributed by atoms with Gasteiger partial charge in [0, 0.05) is 23.6 Å². The molecule has 2 aromatic rings. The first-order valence-corrected chi connectivity index (χ1v) is 7.34. The van der Waals surface area contributed by atoms with Crippen molar-refractivity contribution >= 4 is 21.6 Å². The van der Waals surface area contributed by atoms with Gasteiger partial charge in [-0.3, -0.25) is 0 Å². The minimum absolute atomic E-state index is 0.915. The number of pyridine rings is 1. The van der Waals surface area contributed by atoms with Crippen LogP contribution in [-0.4, -0.2) is 39.1 Å². The van der Waals surface area contributed by atoms with Crippen LogP contribution in [0.15, 0.2) is 22.8 Å². The Balaban J connectivity index is 1.67. The van der Waals surface area contributed by atoms with E-state index >= 15 is 0 Å². The number of hydrogen-bond donors (Lipinski definition) is 0. The second kappa shape index (κ2) is 5.36. The summed E-state index contributed by atoms with van der Waals surface area (Å²) in [7, 11) is 0. The summed E-state index contributed by atoms with van der Waals surface area (Å²) < 4.78 is 2.89. The molecule has 0 bridgehead atoms. The molecule has 3 rings (SSSR count). The predicted octanol–water partition coefficient (Wildman–Crippen LogP) is 2.52. The Morgan fingerprint density at radius 3 is 2.89 bits per heavy atom. The van der Waals surface area contributed by atoms with Crippen LogP contribution in [0.1, 0.15) is 25.1 Å². The molecule has 1 fully saturated rings. The first-order valence-electron chi connectivity index (χ1n) is 6.54. The van der Waals surface area contributed by atoms with Gasteiger partial charge in [-0.15, -0.1) is 0 Å². The Morgan fingerprint density at radius 2 is 2.06 bits per heavy atom. The minimum Gasteiger partial charge on any atom is -0.303 e. The highest BCUT2D eigenvalue weighted by Crippen LogP contribution is 2.12. The number of halogens is 1. The van der Waals surface area contributed by atoms with Crippen molar-refractivity contribution in [1.29, 1.82) is 0 Å². The summed E-state index contributed by atoms with van der Waals surface area (Å²) in [6, 6.07) is 3.98. The van der Waals surface area contributed by atoms with Gasteiger partial charge in [-0.2, -0.15) is 5.10 Å².